The highest BCUT2D eigenvalue weighted by Gasteiger charge is 2.83. The first-order valence-electron chi connectivity index (χ1n) is 7.97. The Kier molecular flexibility index (Phi) is 5.57. The molecule has 0 radical (unpaired) electrons. The standard InChI is InChI=1S/C16H23F9/c1-11(2,3)10-5-7-12(4,8-6-10)9-13(14(17,18)19,15(20,21)22)16(23,24)25/h10H,5-9H2,1-4H3. The molecule has 25 heavy (non-hydrogen) atoms. The van der Waals surface area contributed by atoms with Gasteiger partial charge in [0.05, 0.1) is 0 Å². The van der Waals surface area contributed by atoms with Crippen LogP contribution in [0.15, 0.2) is 0 Å². The van der Waals surface area contributed by atoms with Gasteiger partial charge in [0.15, 0.2) is 0 Å². The molecule has 0 atom stereocenters. The van der Waals surface area contributed by atoms with Crippen LogP contribution in [-0.4, -0.2) is 18.5 Å². The highest BCUT2D eigenvalue weighted by molar-refractivity contribution is 5.03. The Hall–Kier alpha value is -0.630. The Balaban J connectivity index is 3.24. The van der Waals surface area contributed by atoms with Crippen LogP contribution in [0.2, 0.25) is 0 Å². The second-order valence-corrected chi connectivity index (χ2v) is 8.53. The largest absolute Gasteiger partial charge is 0.412 e. The van der Waals surface area contributed by atoms with Crippen molar-refractivity contribution in [2.45, 2.75) is 78.3 Å². The molecule has 0 amide bonds. The summed E-state index contributed by atoms with van der Waals surface area (Å²) < 4.78 is 118. The van der Waals surface area contributed by atoms with E-state index in [0.29, 0.717) is 12.8 Å². The lowest BCUT2D eigenvalue weighted by atomic mass is 9.59. The van der Waals surface area contributed by atoms with E-state index in [1.165, 1.54) is 0 Å². The maximum Gasteiger partial charge on any atom is 0.412 e. The summed E-state index contributed by atoms with van der Waals surface area (Å²) in [4.78, 5) is 0. The molecule has 1 rings (SSSR count). The van der Waals surface area contributed by atoms with Crippen molar-refractivity contribution in [2.24, 2.45) is 22.2 Å². The first-order chi connectivity index (χ1) is 10.8. The summed E-state index contributed by atoms with van der Waals surface area (Å²) in [6.45, 7) is 6.78. The number of hydrogen-bond donors (Lipinski definition) is 0. The third kappa shape index (κ3) is 4.21. The van der Waals surface area contributed by atoms with Crippen LogP contribution in [0.25, 0.3) is 0 Å². The predicted octanol–water partition coefficient (Wildman–Crippen LogP) is 7.29. The molecule has 0 N–H and O–H groups in total. The average Bonchev–Trinajstić information content (AvgIpc) is 2.30. The normalized spacial score (nSPS) is 27.5. The monoisotopic (exact) mass is 386 g/mol. The van der Waals surface area contributed by atoms with Crippen molar-refractivity contribution in [3.8, 4) is 0 Å². The molecule has 1 fully saturated rings. The summed E-state index contributed by atoms with van der Waals surface area (Å²) in [5.41, 5.74) is -7.57. The van der Waals surface area contributed by atoms with Crippen molar-refractivity contribution in [1.82, 2.24) is 0 Å². The van der Waals surface area contributed by atoms with Crippen LogP contribution < -0.4 is 0 Å². The van der Waals surface area contributed by atoms with Crippen LogP contribution in [0.4, 0.5) is 39.5 Å². The van der Waals surface area contributed by atoms with E-state index in [-0.39, 0.29) is 24.2 Å². The molecule has 0 saturated heterocycles. The molecule has 1 saturated carbocycles. The minimum Gasteiger partial charge on any atom is -0.170 e. The minimum absolute atomic E-state index is 0.0534. The lowest BCUT2D eigenvalue weighted by molar-refractivity contribution is -0.434. The summed E-state index contributed by atoms with van der Waals surface area (Å²) in [7, 11) is 0. The van der Waals surface area contributed by atoms with Crippen molar-refractivity contribution in [1.29, 1.82) is 0 Å². The molecule has 0 bridgehead atoms. The van der Waals surface area contributed by atoms with Gasteiger partial charge in [0.2, 0.25) is 0 Å². The molecular formula is C16H23F9. The zero-order chi connectivity index (χ0) is 20.1. The molecule has 9 heteroatoms. The van der Waals surface area contributed by atoms with E-state index < -0.39 is 35.8 Å². The lowest BCUT2D eigenvalue weighted by Gasteiger charge is -2.48. The van der Waals surface area contributed by atoms with Crippen LogP contribution in [0.1, 0.15) is 59.8 Å². The van der Waals surface area contributed by atoms with Gasteiger partial charge in [-0.3, -0.25) is 0 Å². The van der Waals surface area contributed by atoms with Gasteiger partial charge in [0.1, 0.15) is 0 Å². The third-order valence-corrected chi connectivity index (χ3v) is 5.56. The highest BCUT2D eigenvalue weighted by Crippen LogP contribution is 2.65. The zero-order valence-corrected chi connectivity index (χ0v) is 14.5. The number of halogens is 9. The van der Waals surface area contributed by atoms with Gasteiger partial charge in [-0.1, -0.05) is 27.7 Å². The van der Waals surface area contributed by atoms with E-state index in [2.05, 4.69) is 0 Å². The highest BCUT2D eigenvalue weighted by atomic mass is 19.4. The Morgan fingerprint density at radius 2 is 1.04 bits per heavy atom. The number of hydrogen-bond acceptors (Lipinski definition) is 0. The maximum absolute atomic E-state index is 13.1. The van der Waals surface area contributed by atoms with Crippen molar-refractivity contribution >= 4 is 0 Å². The third-order valence-electron chi connectivity index (χ3n) is 5.56. The quantitative estimate of drug-likeness (QED) is 0.437. The molecule has 0 heterocycles. The van der Waals surface area contributed by atoms with Gasteiger partial charge >= 0.3 is 18.5 Å². The molecule has 1 aliphatic rings. The van der Waals surface area contributed by atoms with Crippen LogP contribution in [-0.2, 0) is 0 Å². The van der Waals surface area contributed by atoms with Crippen molar-refractivity contribution < 1.29 is 39.5 Å². The van der Waals surface area contributed by atoms with E-state index in [1.54, 1.807) is 0 Å². The van der Waals surface area contributed by atoms with Gasteiger partial charge in [0, 0.05) is 0 Å². The van der Waals surface area contributed by atoms with Crippen LogP contribution >= 0.6 is 0 Å². The molecular weight excluding hydrogens is 363 g/mol. The molecule has 0 aliphatic heterocycles. The Bertz CT molecular complexity index is 418. The van der Waals surface area contributed by atoms with Gasteiger partial charge in [-0.25, -0.2) is 0 Å². The lowest BCUT2D eigenvalue weighted by Crippen LogP contribution is -2.61. The second kappa shape index (κ2) is 6.22. The van der Waals surface area contributed by atoms with E-state index in [0.717, 1.165) is 6.92 Å². The van der Waals surface area contributed by atoms with Crippen molar-refractivity contribution in [3.05, 3.63) is 0 Å². The van der Waals surface area contributed by atoms with Gasteiger partial charge in [-0.05, 0) is 48.9 Å². The summed E-state index contributed by atoms with van der Waals surface area (Å²) in [6.07, 6.45) is -21.0. The summed E-state index contributed by atoms with van der Waals surface area (Å²) >= 11 is 0. The molecule has 0 aromatic carbocycles. The number of alkyl halides is 9. The Morgan fingerprint density at radius 1 is 0.720 bits per heavy atom. The first kappa shape index (κ1) is 22.4. The van der Waals surface area contributed by atoms with Crippen LogP contribution in [0.5, 0.6) is 0 Å². The fourth-order valence-electron chi connectivity index (χ4n) is 3.78. The minimum atomic E-state index is -6.46. The van der Waals surface area contributed by atoms with Crippen LogP contribution in [0.3, 0.4) is 0 Å². The van der Waals surface area contributed by atoms with Gasteiger partial charge in [0.25, 0.3) is 5.41 Å². The van der Waals surface area contributed by atoms with E-state index in [1.807, 2.05) is 20.8 Å². The van der Waals surface area contributed by atoms with E-state index >= 15 is 0 Å². The van der Waals surface area contributed by atoms with Gasteiger partial charge in [-0.2, -0.15) is 39.5 Å². The summed E-state index contributed by atoms with van der Waals surface area (Å²) in [5, 5.41) is 0. The van der Waals surface area contributed by atoms with E-state index in [4.69, 9.17) is 0 Å². The molecule has 0 spiro atoms. The Labute approximate surface area is 141 Å². The molecule has 0 aromatic heterocycles. The number of rotatable bonds is 2. The predicted molar refractivity (Wildman–Crippen MR) is 74.7 cm³/mol. The van der Waals surface area contributed by atoms with Crippen molar-refractivity contribution in [2.75, 3.05) is 0 Å². The fourth-order valence-corrected chi connectivity index (χ4v) is 3.78. The average molecular weight is 386 g/mol. The molecule has 0 nitrogen and oxygen atoms in total. The topological polar surface area (TPSA) is 0 Å². The summed E-state index contributed by atoms with van der Waals surface area (Å²) in [6, 6.07) is 0. The Morgan fingerprint density at radius 3 is 1.28 bits per heavy atom. The molecule has 0 aromatic rings. The van der Waals surface area contributed by atoms with Crippen LogP contribution in [0, 0.1) is 22.2 Å². The maximum atomic E-state index is 13.1. The SMILES string of the molecule is CC1(CC(C(F)(F)F)(C(F)(F)F)C(F)(F)F)CCC(C(C)(C)C)CC1. The molecule has 0 unspecified atom stereocenters. The van der Waals surface area contributed by atoms with Gasteiger partial charge < -0.3 is 0 Å². The smallest absolute Gasteiger partial charge is 0.170 e. The zero-order valence-electron chi connectivity index (χ0n) is 14.5. The van der Waals surface area contributed by atoms with Gasteiger partial charge in [-0.15, -0.1) is 0 Å². The first-order valence-corrected chi connectivity index (χ1v) is 7.97. The second-order valence-electron chi connectivity index (χ2n) is 8.53. The summed E-state index contributed by atoms with van der Waals surface area (Å²) in [5.74, 6) is 0.0534. The van der Waals surface area contributed by atoms with E-state index in [9.17, 15) is 39.5 Å². The molecule has 150 valence electrons. The van der Waals surface area contributed by atoms with Crippen molar-refractivity contribution in [3.63, 3.8) is 0 Å². The molecule has 1 aliphatic carbocycles. The fraction of sp³-hybridized carbons (Fsp3) is 1.00.